The maximum absolute atomic E-state index is 13.1. The molecule has 2 aromatic heterocycles. The minimum atomic E-state index is -1.35. The van der Waals surface area contributed by atoms with E-state index in [2.05, 4.69) is 15.5 Å². The van der Waals surface area contributed by atoms with Crippen molar-refractivity contribution in [1.29, 1.82) is 0 Å². The van der Waals surface area contributed by atoms with Gasteiger partial charge in [0, 0.05) is 33.9 Å². The minimum absolute atomic E-state index is 0.0439. The number of carboxylic acids is 2. The van der Waals surface area contributed by atoms with E-state index >= 15 is 0 Å². The van der Waals surface area contributed by atoms with Gasteiger partial charge in [-0.2, -0.15) is 0 Å². The van der Waals surface area contributed by atoms with Crippen molar-refractivity contribution < 1.29 is 38.8 Å². The van der Waals surface area contributed by atoms with Gasteiger partial charge >= 0.3 is 11.9 Å². The quantitative estimate of drug-likeness (QED) is 0.0994. The molecule has 0 bridgehead atoms. The number of nitrogens with zero attached hydrogens (tertiary/aromatic N) is 4. The summed E-state index contributed by atoms with van der Waals surface area (Å²) < 4.78 is 1.89. The van der Waals surface area contributed by atoms with Crippen molar-refractivity contribution in [2.45, 2.75) is 29.3 Å². The Morgan fingerprint density at radius 1 is 1.37 bits per heavy atom. The van der Waals surface area contributed by atoms with E-state index in [4.69, 9.17) is 15.7 Å². The molecule has 0 aromatic carbocycles. The average molecular weight is 580 g/mol. The van der Waals surface area contributed by atoms with Gasteiger partial charge < -0.3 is 26.1 Å². The summed E-state index contributed by atoms with van der Waals surface area (Å²) in [6, 6.07) is 2.81. The van der Waals surface area contributed by atoms with Crippen LogP contribution in [0.5, 0.6) is 0 Å². The predicted octanol–water partition coefficient (Wildman–Crippen LogP) is 0.275. The molecule has 38 heavy (non-hydrogen) atoms. The van der Waals surface area contributed by atoms with Gasteiger partial charge in [0.1, 0.15) is 29.9 Å². The van der Waals surface area contributed by atoms with Gasteiger partial charge in [0.05, 0.1) is 0 Å². The van der Waals surface area contributed by atoms with Crippen molar-refractivity contribution in [2.75, 3.05) is 17.2 Å². The van der Waals surface area contributed by atoms with Crippen LogP contribution in [-0.4, -0.2) is 78.6 Å². The van der Waals surface area contributed by atoms with Gasteiger partial charge in [0.25, 0.3) is 11.8 Å². The van der Waals surface area contributed by atoms with Gasteiger partial charge in [-0.05, 0) is 12.5 Å². The second kappa shape index (κ2) is 11.4. The number of thiazole rings is 1. The molecular weight excluding hydrogens is 556 g/mol. The first-order chi connectivity index (χ1) is 18.1. The number of aromatic nitrogens is 2. The van der Waals surface area contributed by atoms with Crippen molar-refractivity contribution in [3.05, 3.63) is 46.9 Å². The fourth-order valence-electron chi connectivity index (χ4n) is 3.54. The Balaban J connectivity index is 1.50. The molecule has 1 saturated heterocycles. The number of carbonyl (C=O) groups is 4. The number of aryl methyl sites for hydroxylation is 1. The third kappa shape index (κ3) is 5.76. The number of carbonyl (C=O) groups excluding carboxylic acids is 2. The lowest BCUT2D eigenvalue weighted by Crippen LogP contribution is -2.71. The number of hydrogen-bond acceptors (Lipinski definition) is 11. The summed E-state index contributed by atoms with van der Waals surface area (Å²) in [5.41, 5.74) is 5.85. The number of rotatable bonds is 10. The number of pyridine rings is 1. The van der Waals surface area contributed by atoms with Gasteiger partial charge in [-0.15, -0.1) is 34.9 Å². The highest BCUT2D eigenvalue weighted by Gasteiger charge is 2.54. The van der Waals surface area contributed by atoms with Crippen LogP contribution in [0.4, 0.5) is 5.13 Å². The summed E-state index contributed by atoms with van der Waals surface area (Å²) in [5.74, 6) is -3.20. The monoisotopic (exact) mass is 579 g/mol. The maximum Gasteiger partial charge on any atom is 0.352 e. The molecule has 0 saturated carbocycles. The maximum atomic E-state index is 13.1. The molecule has 5 N–H and O–H groups in total. The lowest BCUT2D eigenvalue weighted by atomic mass is 10.0. The molecule has 4 heterocycles. The lowest BCUT2D eigenvalue weighted by molar-refractivity contribution is -0.671. The van der Waals surface area contributed by atoms with E-state index in [1.807, 2.05) is 36.1 Å². The van der Waals surface area contributed by atoms with Crippen LogP contribution in [-0.2, 0) is 31.1 Å². The number of fused-ring (bicyclic) bond motifs is 1. The van der Waals surface area contributed by atoms with Crippen LogP contribution < -0.4 is 15.6 Å². The molecule has 2 aliphatic heterocycles. The third-order valence-electron chi connectivity index (χ3n) is 5.53. The normalized spacial score (nSPS) is 19.9. The first kappa shape index (κ1) is 27.4. The molecular formula is C22H23N6O7S3+. The zero-order chi connectivity index (χ0) is 27.6. The molecule has 4 rings (SSSR count). The molecule has 0 aliphatic carbocycles. The van der Waals surface area contributed by atoms with E-state index in [0.717, 1.165) is 16.2 Å². The first-order valence-corrected chi connectivity index (χ1v) is 13.9. The second-order valence-corrected chi connectivity index (χ2v) is 11.2. The molecule has 200 valence electrons. The molecule has 2 amide bonds. The fourth-order valence-corrected chi connectivity index (χ4v) is 6.45. The highest BCUT2D eigenvalue weighted by Crippen LogP contribution is 2.41. The average Bonchev–Trinajstić information content (AvgIpc) is 3.31. The van der Waals surface area contributed by atoms with E-state index in [-0.39, 0.29) is 22.2 Å². The molecule has 16 heteroatoms. The SMILES string of the molecule is CC(O/N=C(/C(=O)NC1C(=O)N2C(C(=O)O)=C(CSc3cc[n+](C)cc3)CSC12)c1csc(N)n1)C(=O)O. The number of carboxylic acid groups (broad SMARTS) is 2. The molecule has 13 nitrogen and oxygen atoms in total. The Morgan fingerprint density at radius 2 is 2.08 bits per heavy atom. The van der Waals surface area contributed by atoms with E-state index < -0.39 is 41.3 Å². The van der Waals surface area contributed by atoms with Crippen molar-refractivity contribution in [3.8, 4) is 0 Å². The number of oxime groups is 1. The predicted molar refractivity (Wildman–Crippen MR) is 139 cm³/mol. The Kier molecular flexibility index (Phi) is 8.23. The number of hydrogen-bond donors (Lipinski definition) is 4. The topological polar surface area (TPSA) is 188 Å². The summed E-state index contributed by atoms with van der Waals surface area (Å²) in [4.78, 5) is 60.3. The van der Waals surface area contributed by atoms with Crippen LogP contribution in [0.2, 0.25) is 0 Å². The summed E-state index contributed by atoms with van der Waals surface area (Å²) in [7, 11) is 1.90. The highest BCUT2D eigenvalue weighted by molar-refractivity contribution is 8.01. The molecule has 2 aliphatic rings. The fraction of sp³-hybridized carbons (Fsp3) is 0.318. The molecule has 0 radical (unpaired) electrons. The van der Waals surface area contributed by atoms with Crippen molar-refractivity contribution in [1.82, 2.24) is 15.2 Å². The summed E-state index contributed by atoms with van der Waals surface area (Å²) in [5, 5.41) is 26.1. The summed E-state index contributed by atoms with van der Waals surface area (Å²) in [6.07, 6.45) is 2.43. The van der Waals surface area contributed by atoms with E-state index in [1.165, 1.54) is 40.7 Å². The van der Waals surface area contributed by atoms with Crippen molar-refractivity contribution >= 4 is 69.5 Å². The van der Waals surface area contributed by atoms with E-state index in [9.17, 15) is 24.3 Å². The smallest absolute Gasteiger partial charge is 0.352 e. The number of nitrogens with one attached hydrogen (secondary N) is 1. The molecule has 2 aromatic rings. The van der Waals surface area contributed by atoms with Crippen molar-refractivity contribution in [2.24, 2.45) is 12.2 Å². The Morgan fingerprint density at radius 3 is 2.68 bits per heavy atom. The minimum Gasteiger partial charge on any atom is -0.478 e. The Hall–Kier alpha value is -3.63. The Labute approximate surface area is 228 Å². The van der Waals surface area contributed by atoms with Crippen LogP contribution in [0.3, 0.4) is 0 Å². The standard InChI is InChI=1S/C22H22N6O7S3/c1-10(20(31)32)35-26-14(13-9-38-22(23)24-13)17(29)25-15-18(30)28-16(21(33)34)11(8-37-19(15)28)7-36-12-3-5-27(2)6-4-12/h3-6,9-10,15,19H,7-8H2,1-2H3,(H4-,23,24,25,29,31,32,33,34)/p+1/b26-14+. The number of nitrogen functional groups attached to an aromatic ring is 1. The molecule has 0 spiro atoms. The third-order valence-corrected chi connectivity index (χ3v) is 8.64. The van der Waals surface area contributed by atoms with Gasteiger partial charge in [-0.3, -0.25) is 14.5 Å². The van der Waals surface area contributed by atoms with Crippen molar-refractivity contribution in [3.63, 3.8) is 0 Å². The van der Waals surface area contributed by atoms with Crippen LogP contribution in [0.1, 0.15) is 12.6 Å². The number of thioether (sulfide) groups is 2. The number of anilines is 1. The lowest BCUT2D eigenvalue weighted by Gasteiger charge is -2.49. The van der Waals surface area contributed by atoms with Crippen LogP contribution >= 0.6 is 34.9 Å². The number of aliphatic carboxylic acids is 2. The second-order valence-electron chi connectivity index (χ2n) is 8.20. The van der Waals surface area contributed by atoms with Gasteiger partial charge in [-0.1, -0.05) is 5.16 Å². The van der Waals surface area contributed by atoms with Crippen LogP contribution in [0, 0.1) is 0 Å². The molecule has 1 fully saturated rings. The number of amides is 2. The largest absolute Gasteiger partial charge is 0.478 e. The van der Waals surface area contributed by atoms with Gasteiger partial charge in [0.15, 0.2) is 23.2 Å². The van der Waals surface area contributed by atoms with Crippen LogP contribution in [0.25, 0.3) is 0 Å². The summed E-state index contributed by atoms with van der Waals surface area (Å²) >= 11 is 3.84. The van der Waals surface area contributed by atoms with E-state index in [1.54, 1.807) is 0 Å². The zero-order valence-corrected chi connectivity index (χ0v) is 22.5. The molecule has 3 atom stereocenters. The number of nitrogens with two attached hydrogens (primary N) is 1. The zero-order valence-electron chi connectivity index (χ0n) is 20.1. The Bertz CT molecular complexity index is 1340. The first-order valence-electron chi connectivity index (χ1n) is 11.0. The molecule has 3 unspecified atom stereocenters. The highest BCUT2D eigenvalue weighted by atomic mass is 32.2. The summed E-state index contributed by atoms with van der Waals surface area (Å²) in [6.45, 7) is 1.23. The number of β-lactam (4-membered cyclic amide) rings is 1. The van der Waals surface area contributed by atoms with Crippen LogP contribution in [0.15, 0.2) is 51.2 Å². The van der Waals surface area contributed by atoms with Gasteiger partial charge in [0.2, 0.25) is 6.10 Å². The van der Waals surface area contributed by atoms with E-state index in [0.29, 0.717) is 17.1 Å². The van der Waals surface area contributed by atoms with Gasteiger partial charge in [-0.25, -0.2) is 19.1 Å².